The first kappa shape index (κ1) is 11.2. The zero-order valence-corrected chi connectivity index (χ0v) is 7.94. The van der Waals surface area contributed by atoms with Crippen LogP contribution in [0, 0.1) is 0 Å². The molecule has 0 radical (unpaired) electrons. The molecule has 0 atom stereocenters. The van der Waals surface area contributed by atoms with Crippen molar-refractivity contribution in [3.8, 4) is 0 Å². The molecule has 6 nitrogen and oxygen atoms in total. The van der Waals surface area contributed by atoms with Gasteiger partial charge in [-0.2, -0.15) is 0 Å². The highest BCUT2D eigenvalue weighted by Gasteiger charge is 2.26. The Kier molecular flexibility index (Phi) is 3.78. The summed E-state index contributed by atoms with van der Waals surface area (Å²) in [5.74, 6) is 7.72. The van der Waals surface area contributed by atoms with Crippen LogP contribution in [-0.4, -0.2) is 11.8 Å². The summed E-state index contributed by atoms with van der Waals surface area (Å²) < 4.78 is 0. The van der Waals surface area contributed by atoms with Gasteiger partial charge < -0.3 is 0 Å². The fraction of sp³-hybridized carbons (Fsp3) is 0.111. The second kappa shape index (κ2) is 5.08. The molecule has 0 fully saturated rings. The van der Waals surface area contributed by atoms with Crippen LogP contribution in [0.25, 0.3) is 0 Å². The number of nitrogens with two attached hydrogens (primary N) is 2. The molecule has 15 heavy (non-hydrogen) atoms. The number of rotatable bonds is 3. The SMILES string of the molecule is NNC(=O)C(C(=O)NN)c1ccccc1. The monoisotopic (exact) mass is 208 g/mol. The molecule has 0 spiro atoms. The number of hydrazine groups is 2. The standard InChI is InChI=1S/C9H12N4O2/c10-12-8(14)7(9(15)13-11)6-4-2-1-3-5-6/h1-5,7H,10-11H2,(H,12,14)(H,13,15). The van der Waals surface area contributed by atoms with E-state index in [4.69, 9.17) is 11.7 Å². The normalized spacial score (nSPS) is 9.80. The van der Waals surface area contributed by atoms with Crippen LogP contribution in [0.5, 0.6) is 0 Å². The lowest BCUT2D eigenvalue weighted by atomic mass is 9.98. The topological polar surface area (TPSA) is 110 Å². The van der Waals surface area contributed by atoms with Gasteiger partial charge in [-0.15, -0.1) is 0 Å². The van der Waals surface area contributed by atoms with E-state index in [2.05, 4.69) is 0 Å². The maximum atomic E-state index is 11.4. The lowest BCUT2D eigenvalue weighted by molar-refractivity contribution is -0.131. The Balaban J connectivity index is 3.02. The van der Waals surface area contributed by atoms with Crippen molar-refractivity contribution in [2.45, 2.75) is 5.92 Å². The van der Waals surface area contributed by atoms with Crippen molar-refractivity contribution in [1.82, 2.24) is 10.9 Å². The van der Waals surface area contributed by atoms with Gasteiger partial charge in [0, 0.05) is 0 Å². The van der Waals surface area contributed by atoms with Crippen LogP contribution in [0.2, 0.25) is 0 Å². The summed E-state index contributed by atoms with van der Waals surface area (Å²) in [5.41, 5.74) is 4.38. The third-order valence-electron chi connectivity index (χ3n) is 1.94. The first-order chi connectivity index (χ1) is 7.20. The van der Waals surface area contributed by atoms with Crippen molar-refractivity contribution in [1.29, 1.82) is 0 Å². The number of carbonyl (C=O) groups is 2. The average molecular weight is 208 g/mol. The van der Waals surface area contributed by atoms with Crippen molar-refractivity contribution >= 4 is 11.8 Å². The largest absolute Gasteiger partial charge is 0.293 e. The number of hydrogen-bond acceptors (Lipinski definition) is 4. The molecule has 2 amide bonds. The second-order valence-electron chi connectivity index (χ2n) is 2.86. The zero-order chi connectivity index (χ0) is 11.3. The van der Waals surface area contributed by atoms with Crippen LogP contribution in [0.15, 0.2) is 30.3 Å². The summed E-state index contributed by atoms with van der Waals surface area (Å²) in [6.45, 7) is 0. The van der Waals surface area contributed by atoms with E-state index in [-0.39, 0.29) is 0 Å². The Morgan fingerprint density at radius 1 is 1.00 bits per heavy atom. The fourth-order valence-corrected chi connectivity index (χ4v) is 1.23. The highest BCUT2D eigenvalue weighted by molar-refractivity contribution is 6.05. The summed E-state index contributed by atoms with van der Waals surface area (Å²) in [7, 11) is 0. The molecule has 0 aliphatic carbocycles. The van der Waals surface area contributed by atoms with Crippen molar-refractivity contribution in [2.24, 2.45) is 11.7 Å². The molecule has 80 valence electrons. The van der Waals surface area contributed by atoms with Crippen LogP contribution in [0.1, 0.15) is 11.5 Å². The summed E-state index contributed by atoms with van der Waals surface area (Å²) in [4.78, 5) is 22.7. The second-order valence-corrected chi connectivity index (χ2v) is 2.86. The number of benzene rings is 1. The summed E-state index contributed by atoms with van der Waals surface area (Å²) in [6.07, 6.45) is 0. The van der Waals surface area contributed by atoms with E-state index in [0.29, 0.717) is 5.56 Å². The molecular formula is C9H12N4O2. The molecule has 6 heteroatoms. The Hall–Kier alpha value is -1.92. The van der Waals surface area contributed by atoms with Gasteiger partial charge in [0.05, 0.1) is 0 Å². The van der Waals surface area contributed by atoms with E-state index in [0.717, 1.165) is 0 Å². The minimum absolute atomic E-state index is 0.531. The summed E-state index contributed by atoms with van der Waals surface area (Å²) >= 11 is 0. The Labute approximate surface area is 86.6 Å². The number of hydrogen-bond donors (Lipinski definition) is 4. The van der Waals surface area contributed by atoms with Crippen LogP contribution in [0.3, 0.4) is 0 Å². The van der Waals surface area contributed by atoms with Gasteiger partial charge >= 0.3 is 0 Å². The van der Waals surface area contributed by atoms with Crippen LogP contribution >= 0.6 is 0 Å². The van der Waals surface area contributed by atoms with Crippen molar-refractivity contribution in [3.05, 3.63) is 35.9 Å². The zero-order valence-electron chi connectivity index (χ0n) is 7.94. The molecule has 0 aliphatic rings. The van der Waals surface area contributed by atoms with Crippen LogP contribution in [0.4, 0.5) is 0 Å². The van der Waals surface area contributed by atoms with Gasteiger partial charge in [-0.3, -0.25) is 20.4 Å². The van der Waals surface area contributed by atoms with Gasteiger partial charge in [0.25, 0.3) is 11.8 Å². The lowest BCUT2D eigenvalue weighted by Gasteiger charge is -2.13. The van der Waals surface area contributed by atoms with Gasteiger partial charge in [0.1, 0.15) is 5.92 Å². The molecule has 0 saturated carbocycles. The van der Waals surface area contributed by atoms with Crippen molar-refractivity contribution in [3.63, 3.8) is 0 Å². The smallest absolute Gasteiger partial charge is 0.251 e. The van der Waals surface area contributed by atoms with Crippen LogP contribution < -0.4 is 22.5 Å². The first-order valence-electron chi connectivity index (χ1n) is 4.26. The minimum atomic E-state index is -1.03. The van der Waals surface area contributed by atoms with Crippen LogP contribution in [-0.2, 0) is 9.59 Å². The summed E-state index contributed by atoms with van der Waals surface area (Å²) in [5, 5.41) is 0. The Morgan fingerprint density at radius 2 is 1.47 bits per heavy atom. The molecule has 0 unspecified atom stereocenters. The third kappa shape index (κ3) is 2.52. The maximum absolute atomic E-state index is 11.4. The Bertz CT molecular complexity index is 336. The van der Waals surface area contributed by atoms with E-state index >= 15 is 0 Å². The van der Waals surface area contributed by atoms with Gasteiger partial charge in [0.15, 0.2) is 0 Å². The van der Waals surface area contributed by atoms with Gasteiger partial charge in [0.2, 0.25) is 0 Å². The van der Waals surface area contributed by atoms with Gasteiger partial charge in [-0.1, -0.05) is 30.3 Å². The van der Waals surface area contributed by atoms with Crippen molar-refractivity contribution in [2.75, 3.05) is 0 Å². The number of carbonyl (C=O) groups excluding carboxylic acids is 2. The highest BCUT2D eigenvalue weighted by Crippen LogP contribution is 2.15. The van der Waals surface area contributed by atoms with Crippen molar-refractivity contribution < 1.29 is 9.59 Å². The number of amides is 2. The fourth-order valence-electron chi connectivity index (χ4n) is 1.23. The van der Waals surface area contributed by atoms with E-state index < -0.39 is 17.7 Å². The van der Waals surface area contributed by atoms with E-state index in [9.17, 15) is 9.59 Å². The highest BCUT2D eigenvalue weighted by atomic mass is 16.2. The maximum Gasteiger partial charge on any atom is 0.251 e. The quantitative estimate of drug-likeness (QED) is 0.215. The van der Waals surface area contributed by atoms with Gasteiger partial charge in [-0.05, 0) is 5.56 Å². The molecule has 0 saturated heterocycles. The molecule has 1 aromatic rings. The molecule has 6 N–H and O–H groups in total. The van der Waals surface area contributed by atoms with Gasteiger partial charge in [-0.25, -0.2) is 11.7 Å². The van der Waals surface area contributed by atoms with E-state index in [1.165, 1.54) is 0 Å². The molecule has 0 aliphatic heterocycles. The minimum Gasteiger partial charge on any atom is -0.293 e. The molecular weight excluding hydrogens is 196 g/mol. The average Bonchev–Trinajstić information content (AvgIpc) is 2.30. The van der Waals surface area contributed by atoms with E-state index in [1.54, 1.807) is 30.3 Å². The summed E-state index contributed by atoms with van der Waals surface area (Å²) in [6, 6.07) is 8.51. The lowest BCUT2D eigenvalue weighted by Crippen LogP contribution is -2.44. The molecule has 1 rings (SSSR count). The third-order valence-corrected chi connectivity index (χ3v) is 1.94. The molecule has 0 aromatic heterocycles. The predicted molar refractivity (Wildman–Crippen MR) is 53.8 cm³/mol. The van der Waals surface area contributed by atoms with E-state index in [1.807, 2.05) is 10.9 Å². The number of nitrogens with one attached hydrogen (secondary N) is 2. The molecule has 1 aromatic carbocycles. The molecule has 0 heterocycles. The molecule has 0 bridgehead atoms. The first-order valence-corrected chi connectivity index (χ1v) is 4.26. The predicted octanol–water partition coefficient (Wildman–Crippen LogP) is -1.25. The Morgan fingerprint density at radius 3 is 1.87 bits per heavy atom.